The molecule has 0 aliphatic carbocycles. The smallest absolute Gasteiger partial charge is 0.409 e. The summed E-state index contributed by atoms with van der Waals surface area (Å²) in [7, 11) is 0. The van der Waals surface area contributed by atoms with Crippen molar-refractivity contribution in [3.63, 3.8) is 0 Å². The molecule has 70 valence electrons. The molecule has 2 N–H and O–H groups in total. The van der Waals surface area contributed by atoms with Crippen molar-refractivity contribution in [3.8, 4) is 5.75 Å². The topological polar surface area (TPSA) is 71.5 Å². The largest absolute Gasteiger partial charge is 0.465 e. The number of hydrogen-bond donors (Lipinski definition) is 2. The molecule has 0 aromatic carbocycles. The first-order chi connectivity index (χ1) is 6.22. The molecule has 0 aliphatic rings. The summed E-state index contributed by atoms with van der Waals surface area (Å²) in [5, 5.41) is 10.4. The molecule has 0 saturated heterocycles. The zero-order valence-corrected chi connectivity index (χ0v) is 6.53. The van der Waals surface area contributed by atoms with Gasteiger partial charge in [0.25, 0.3) is 0 Å². The number of rotatable bonds is 3. The lowest BCUT2D eigenvalue weighted by molar-refractivity contribution is 0.191. The van der Waals surface area contributed by atoms with Gasteiger partial charge in [-0.2, -0.15) is 0 Å². The third kappa shape index (κ3) is 2.94. The lowest BCUT2D eigenvalue weighted by Gasteiger charge is -2.03. The van der Waals surface area contributed by atoms with Crippen LogP contribution in [0.1, 0.15) is 0 Å². The fraction of sp³-hybridized carbons (Fsp3) is 0.143. The van der Waals surface area contributed by atoms with Gasteiger partial charge in [-0.25, -0.2) is 9.18 Å². The standard InChI is InChI=1S/C7H7FN2O3/c8-4-13-6-1-5(2-9-3-6)10-7(11)12/h1-3,10H,4H2,(H,11,12). The number of carboxylic acid groups (broad SMARTS) is 1. The molecular formula is C7H7FN2O3. The predicted molar refractivity (Wildman–Crippen MR) is 42.5 cm³/mol. The van der Waals surface area contributed by atoms with Gasteiger partial charge < -0.3 is 9.84 Å². The summed E-state index contributed by atoms with van der Waals surface area (Å²) in [5.74, 6) is 0.175. The number of pyridine rings is 1. The normalized spacial score (nSPS) is 9.31. The van der Waals surface area contributed by atoms with Crippen molar-refractivity contribution < 1.29 is 19.0 Å². The van der Waals surface area contributed by atoms with Crippen LogP contribution in [0.3, 0.4) is 0 Å². The third-order valence-electron chi connectivity index (χ3n) is 1.19. The van der Waals surface area contributed by atoms with Crippen LogP contribution in [0.4, 0.5) is 14.9 Å². The quantitative estimate of drug-likeness (QED) is 0.749. The number of alkyl halides is 1. The van der Waals surface area contributed by atoms with Gasteiger partial charge >= 0.3 is 6.09 Å². The summed E-state index contributed by atoms with van der Waals surface area (Å²) in [6.07, 6.45) is 1.37. The Labute approximate surface area is 73.2 Å². The van der Waals surface area contributed by atoms with E-state index in [0.29, 0.717) is 0 Å². The number of halogens is 1. The first-order valence-electron chi connectivity index (χ1n) is 3.36. The van der Waals surface area contributed by atoms with E-state index in [1.165, 1.54) is 18.5 Å². The van der Waals surface area contributed by atoms with Crippen LogP contribution >= 0.6 is 0 Å². The molecule has 0 aliphatic heterocycles. The van der Waals surface area contributed by atoms with E-state index in [4.69, 9.17) is 5.11 Å². The first kappa shape index (κ1) is 9.24. The lowest BCUT2D eigenvalue weighted by atomic mass is 10.4. The Morgan fingerprint density at radius 2 is 2.46 bits per heavy atom. The lowest BCUT2D eigenvalue weighted by Crippen LogP contribution is -2.07. The van der Waals surface area contributed by atoms with Crippen molar-refractivity contribution in [2.45, 2.75) is 0 Å². The van der Waals surface area contributed by atoms with Crippen molar-refractivity contribution in [2.24, 2.45) is 0 Å². The monoisotopic (exact) mass is 186 g/mol. The van der Waals surface area contributed by atoms with E-state index in [0.717, 1.165) is 0 Å². The van der Waals surface area contributed by atoms with E-state index in [2.05, 4.69) is 15.0 Å². The minimum atomic E-state index is -1.21. The average Bonchev–Trinajstić information content (AvgIpc) is 2.04. The van der Waals surface area contributed by atoms with Crippen molar-refractivity contribution in [2.75, 3.05) is 12.2 Å². The van der Waals surface area contributed by atoms with Crippen molar-refractivity contribution >= 4 is 11.8 Å². The molecule has 5 nitrogen and oxygen atoms in total. The molecule has 1 aromatic heterocycles. The average molecular weight is 186 g/mol. The fourth-order valence-electron chi connectivity index (χ4n) is 0.753. The van der Waals surface area contributed by atoms with Crippen LogP contribution in [0.15, 0.2) is 18.5 Å². The number of ether oxygens (including phenoxy) is 1. The molecule has 1 heterocycles. The highest BCUT2D eigenvalue weighted by molar-refractivity contribution is 5.82. The molecule has 1 rings (SSSR count). The molecule has 0 radical (unpaired) electrons. The Hall–Kier alpha value is -1.85. The zero-order chi connectivity index (χ0) is 9.68. The summed E-state index contributed by atoms with van der Waals surface area (Å²) in [6.45, 7) is -0.974. The second kappa shape index (κ2) is 4.24. The van der Waals surface area contributed by atoms with Crippen molar-refractivity contribution in [3.05, 3.63) is 18.5 Å². The molecule has 0 atom stereocenters. The van der Waals surface area contributed by atoms with E-state index < -0.39 is 13.0 Å². The minimum Gasteiger partial charge on any atom is -0.465 e. The van der Waals surface area contributed by atoms with E-state index in [1.54, 1.807) is 0 Å². The molecule has 0 unspecified atom stereocenters. The molecule has 6 heteroatoms. The van der Waals surface area contributed by atoms with Gasteiger partial charge in [0.05, 0.1) is 18.1 Å². The summed E-state index contributed by atoms with van der Waals surface area (Å²) in [5.41, 5.74) is 0.235. The second-order valence-corrected chi connectivity index (χ2v) is 2.09. The number of hydrogen-bond acceptors (Lipinski definition) is 3. The Kier molecular flexibility index (Phi) is 3.02. The maximum Gasteiger partial charge on any atom is 0.409 e. The molecular weight excluding hydrogens is 179 g/mol. The van der Waals surface area contributed by atoms with E-state index in [-0.39, 0.29) is 11.4 Å². The van der Waals surface area contributed by atoms with E-state index in [9.17, 15) is 9.18 Å². The maximum absolute atomic E-state index is 11.7. The summed E-state index contributed by atoms with van der Waals surface area (Å²) >= 11 is 0. The van der Waals surface area contributed by atoms with Gasteiger partial charge in [-0.3, -0.25) is 10.3 Å². The van der Waals surface area contributed by atoms with Crippen molar-refractivity contribution in [1.82, 2.24) is 4.98 Å². The highest BCUT2D eigenvalue weighted by Crippen LogP contribution is 2.14. The van der Waals surface area contributed by atoms with Gasteiger partial charge in [0, 0.05) is 6.07 Å². The minimum absolute atomic E-state index is 0.175. The number of nitrogens with one attached hydrogen (secondary N) is 1. The number of anilines is 1. The van der Waals surface area contributed by atoms with Gasteiger partial charge in [0.2, 0.25) is 6.86 Å². The molecule has 0 fully saturated rings. The molecule has 13 heavy (non-hydrogen) atoms. The number of amides is 1. The Morgan fingerprint density at radius 1 is 1.69 bits per heavy atom. The van der Waals surface area contributed by atoms with E-state index >= 15 is 0 Å². The van der Waals surface area contributed by atoms with Crippen LogP contribution in [0.25, 0.3) is 0 Å². The summed E-state index contributed by atoms with van der Waals surface area (Å²) < 4.78 is 16.2. The zero-order valence-electron chi connectivity index (χ0n) is 6.53. The van der Waals surface area contributed by atoms with Gasteiger partial charge in [-0.15, -0.1) is 0 Å². The third-order valence-corrected chi connectivity index (χ3v) is 1.19. The fourth-order valence-corrected chi connectivity index (χ4v) is 0.753. The molecule has 1 amide bonds. The first-order valence-corrected chi connectivity index (χ1v) is 3.36. The van der Waals surface area contributed by atoms with Crippen LogP contribution in [0, 0.1) is 0 Å². The molecule has 0 saturated carbocycles. The Bertz CT molecular complexity index is 306. The molecule has 1 aromatic rings. The summed E-state index contributed by atoms with van der Waals surface area (Å²) in [6, 6.07) is 1.33. The number of aromatic nitrogens is 1. The summed E-state index contributed by atoms with van der Waals surface area (Å²) in [4.78, 5) is 13.8. The molecule has 0 spiro atoms. The highest BCUT2D eigenvalue weighted by atomic mass is 19.1. The van der Waals surface area contributed by atoms with Crippen molar-refractivity contribution in [1.29, 1.82) is 0 Å². The van der Waals surface area contributed by atoms with Crippen LogP contribution < -0.4 is 10.1 Å². The Balaban J connectivity index is 2.73. The van der Waals surface area contributed by atoms with Gasteiger partial charge in [0.15, 0.2) is 0 Å². The predicted octanol–water partition coefficient (Wildman–Crippen LogP) is 1.48. The Morgan fingerprint density at radius 3 is 3.08 bits per heavy atom. The maximum atomic E-state index is 11.7. The number of carbonyl (C=O) groups is 1. The molecule has 0 bridgehead atoms. The van der Waals surface area contributed by atoms with Crippen LogP contribution in [-0.4, -0.2) is 23.0 Å². The highest BCUT2D eigenvalue weighted by Gasteiger charge is 2.00. The number of nitrogens with zero attached hydrogens (tertiary/aromatic N) is 1. The van der Waals surface area contributed by atoms with Crippen LogP contribution in [0.5, 0.6) is 5.75 Å². The van der Waals surface area contributed by atoms with Gasteiger partial charge in [0.1, 0.15) is 5.75 Å². The van der Waals surface area contributed by atoms with Gasteiger partial charge in [-0.1, -0.05) is 0 Å². The second-order valence-electron chi connectivity index (χ2n) is 2.09. The van der Waals surface area contributed by atoms with Crippen LogP contribution in [0.2, 0.25) is 0 Å². The van der Waals surface area contributed by atoms with Crippen LogP contribution in [-0.2, 0) is 0 Å². The van der Waals surface area contributed by atoms with E-state index in [1.807, 2.05) is 0 Å². The SMILES string of the molecule is O=C(O)Nc1cncc(OCF)c1. The van der Waals surface area contributed by atoms with Gasteiger partial charge in [-0.05, 0) is 0 Å².